The summed E-state index contributed by atoms with van der Waals surface area (Å²) in [4.78, 5) is 4.51. The summed E-state index contributed by atoms with van der Waals surface area (Å²) in [6.45, 7) is 0.864. The topological polar surface area (TPSA) is 51.0 Å². The first-order chi connectivity index (χ1) is 8.88. The molecule has 1 atom stereocenters. The summed E-state index contributed by atoms with van der Waals surface area (Å²) in [6.07, 6.45) is 2.99. The third kappa shape index (κ3) is 2.04. The number of nitrogens with zero attached hydrogens (tertiary/aromatic N) is 2. The minimum atomic E-state index is 0.313. The molecule has 0 fully saturated rings. The Kier molecular flexibility index (Phi) is 3.11. The summed E-state index contributed by atoms with van der Waals surface area (Å²) in [6, 6.07) is 8.54. The van der Waals surface area contributed by atoms with E-state index in [1.54, 1.807) is 0 Å². The molecule has 94 valence electrons. The van der Waals surface area contributed by atoms with Gasteiger partial charge in [0.15, 0.2) is 5.82 Å². The van der Waals surface area contributed by atoms with Crippen LogP contribution in [-0.2, 0) is 12.8 Å². The van der Waals surface area contributed by atoms with E-state index in [1.165, 1.54) is 11.1 Å². The van der Waals surface area contributed by atoms with Crippen LogP contribution in [0.1, 0.15) is 35.2 Å². The Morgan fingerprint density at radius 1 is 1.39 bits per heavy atom. The highest BCUT2D eigenvalue weighted by molar-refractivity contribution is 5.38. The number of benzene rings is 1. The third-order valence-electron chi connectivity index (χ3n) is 3.52. The molecule has 0 saturated carbocycles. The van der Waals surface area contributed by atoms with E-state index in [4.69, 9.17) is 4.52 Å². The molecule has 0 radical (unpaired) electrons. The summed E-state index contributed by atoms with van der Waals surface area (Å²) in [5, 5.41) is 7.22. The van der Waals surface area contributed by atoms with Crippen molar-refractivity contribution < 1.29 is 4.52 Å². The average molecular weight is 243 g/mol. The molecule has 0 amide bonds. The first-order valence-electron chi connectivity index (χ1n) is 6.43. The van der Waals surface area contributed by atoms with Crippen LogP contribution in [0.25, 0.3) is 0 Å². The molecule has 4 heteroatoms. The highest BCUT2D eigenvalue weighted by Gasteiger charge is 2.27. The molecule has 4 nitrogen and oxygen atoms in total. The number of rotatable bonds is 4. The van der Waals surface area contributed by atoms with E-state index in [0.717, 1.165) is 37.5 Å². The average Bonchev–Trinajstić information content (AvgIpc) is 3.02. The van der Waals surface area contributed by atoms with Crippen LogP contribution in [0.15, 0.2) is 28.8 Å². The van der Waals surface area contributed by atoms with E-state index in [-0.39, 0.29) is 0 Å². The lowest BCUT2D eigenvalue weighted by Crippen LogP contribution is -2.10. The van der Waals surface area contributed by atoms with Crippen LogP contribution >= 0.6 is 0 Å². The molecule has 0 spiro atoms. The summed E-state index contributed by atoms with van der Waals surface area (Å²) in [7, 11) is 1.92. The van der Waals surface area contributed by atoms with Crippen molar-refractivity contribution in [1.29, 1.82) is 0 Å². The van der Waals surface area contributed by atoms with Crippen molar-refractivity contribution in [2.45, 2.75) is 25.2 Å². The highest BCUT2D eigenvalue weighted by atomic mass is 16.5. The highest BCUT2D eigenvalue weighted by Crippen LogP contribution is 2.36. The SMILES string of the molecule is CNCCc1nc(C2CCc3ccccc32)no1. The second-order valence-electron chi connectivity index (χ2n) is 4.69. The predicted octanol–water partition coefficient (Wildman–Crippen LogP) is 1.91. The fraction of sp³-hybridized carbons (Fsp3) is 0.429. The molecule has 1 aliphatic carbocycles. The lowest BCUT2D eigenvalue weighted by Gasteiger charge is -2.05. The molecule has 0 aliphatic heterocycles. The molecular formula is C14H17N3O. The van der Waals surface area contributed by atoms with E-state index >= 15 is 0 Å². The second kappa shape index (κ2) is 4.90. The van der Waals surface area contributed by atoms with Crippen LogP contribution in [0.4, 0.5) is 0 Å². The zero-order chi connectivity index (χ0) is 12.4. The molecule has 1 N–H and O–H groups in total. The Balaban J connectivity index is 1.82. The van der Waals surface area contributed by atoms with Gasteiger partial charge in [0, 0.05) is 18.9 Å². The van der Waals surface area contributed by atoms with E-state index in [0.29, 0.717) is 5.92 Å². The third-order valence-corrected chi connectivity index (χ3v) is 3.52. The molecule has 1 heterocycles. The Bertz CT molecular complexity index is 535. The van der Waals surface area contributed by atoms with E-state index in [1.807, 2.05) is 7.05 Å². The van der Waals surface area contributed by atoms with Gasteiger partial charge in [0.25, 0.3) is 0 Å². The van der Waals surface area contributed by atoms with Crippen LogP contribution in [0.2, 0.25) is 0 Å². The van der Waals surface area contributed by atoms with Crippen molar-refractivity contribution in [1.82, 2.24) is 15.5 Å². The summed E-state index contributed by atoms with van der Waals surface area (Å²) in [5.41, 5.74) is 2.78. The van der Waals surface area contributed by atoms with Gasteiger partial charge in [-0.3, -0.25) is 0 Å². The molecule has 0 bridgehead atoms. The van der Waals surface area contributed by atoms with Crippen molar-refractivity contribution in [3.63, 3.8) is 0 Å². The van der Waals surface area contributed by atoms with Crippen molar-refractivity contribution in [2.75, 3.05) is 13.6 Å². The number of aryl methyl sites for hydroxylation is 1. The van der Waals surface area contributed by atoms with E-state index < -0.39 is 0 Å². The van der Waals surface area contributed by atoms with Gasteiger partial charge in [0.1, 0.15) is 0 Å². The Labute approximate surface area is 106 Å². The summed E-state index contributed by atoms with van der Waals surface area (Å²) >= 11 is 0. The van der Waals surface area contributed by atoms with Crippen LogP contribution in [0.5, 0.6) is 0 Å². The number of aromatic nitrogens is 2. The lowest BCUT2D eigenvalue weighted by molar-refractivity contribution is 0.370. The Morgan fingerprint density at radius 3 is 3.17 bits per heavy atom. The molecule has 1 aromatic heterocycles. The van der Waals surface area contributed by atoms with Crippen molar-refractivity contribution in [3.05, 3.63) is 47.1 Å². The number of hydrogen-bond acceptors (Lipinski definition) is 4. The lowest BCUT2D eigenvalue weighted by atomic mass is 10.0. The van der Waals surface area contributed by atoms with Gasteiger partial charge in [-0.2, -0.15) is 4.98 Å². The summed E-state index contributed by atoms with van der Waals surface area (Å²) < 4.78 is 5.29. The zero-order valence-electron chi connectivity index (χ0n) is 10.5. The molecule has 2 aromatic rings. The summed E-state index contributed by atoms with van der Waals surface area (Å²) in [5.74, 6) is 1.88. The quantitative estimate of drug-likeness (QED) is 0.891. The number of nitrogens with one attached hydrogen (secondary N) is 1. The fourth-order valence-electron chi connectivity index (χ4n) is 2.57. The first-order valence-corrected chi connectivity index (χ1v) is 6.43. The number of likely N-dealkylation sites (N-methyl/N-ethyl adjacent to an activating group) is 1. The minimum absolute atomic E-state index is 0.313. The molecule has 18 heavy (non-hydrogen) atoms. The smallest absolute Gasteiger partial charge is 0.227 e. The minimum Gasteiger partial charge on any atom is -0.339 e. The van der Waals surface area contributed by atoms with Crippen molar-refractivity contribution in [2.24, 2.45) is 0 Å². The van der Waals surface area contributed by atoms with Gasteiger partial charge in [-0.25, -0.2) is 0 Å². The van der Waals surface area contributed by atoms with Crippen molar-refractivity contribution >= 4 is 0 Å². The Hall–Kier alpha value is -1.68. The molecule has 3 rings (SSSR count). The van der Waals surface area contributed by atoms with Crippen molar-refractivity contribution in [3.8, 4) is 0 Å². The maximum absolute atomic E-state index is 5.29. The van der Waals surface area contributed by atoms with Gasteiger partial charge in [0.05, 0.1) is 0 Å². The molecular weight excluding hydrogens is 226 g/mol. The van der Waals surface area contributed by atoms with Crippen LogP contribution < -0.4 is 5.32 Å². The van der Waals surface area contributed by atoms with Crippen LogP contribution in [0, 0.1) is 0 Å². The predicted molar refractivity (Wildman–Crippen MR) is 68.5 cm³/mol. The molecule has 1 aromatic carbocycles. The monoisotopic (exact) mass is 243 g/mol. The molecule has 1 unspecified atom stereocenters. The van der Waals surface area contributed by atoms with Gasteiger partial charge >= 0.3 is 0 Å². The van der Waals surface area contributed by atoms with Crippen LogP contribution in [-0.4, -0.2) is 23.7 Å². The Morgan fingerprint density at radius 2 is 2.28 bits per heavy atom. The number of hydrogen-bond donors (Lipinski definition) is 1. The van der Waals surface area contributed by atoms with Gasteiger partial charge < -0.3 is 9.84 Å². The normalized spacial score (nSPS) is 17.9. The maximum atomic E-state index is 5.29. The largest absolute Gasteiger partial charge is 0.339 e. The van der Waals surface area contributed by atoms with Gasteiger partial charge in [-0.05, 0) is 31.0 Å². The van der Waals surface area contributed by atoms with Gasteiger partial charge in [-0.15, -0.1) is 0 Å². The first kappa shape index (κ1) is 11.4. The van der Waals surface area contributed by atoms with E-state index in [2.05, 4.69) is 39.7 Å². The zero-order valence-corrected chi connectivity index (χ0v) is 10.5. The molecule has 1 aliphatic rings. The van der Waals surface area contributed by atoms with E-state index in [9.17, 15) is 0 Å². The second-order valence-corrected chi connectivity index (χ2v) is 4.69. The fourth-order valence-corrected chi connectivity index (χ4v) is 2.57. The number of fused-ring (bicyclic) bond motifs is 1. The van der Waals surface area contributed by atoms with Gasteiger partial charge in [-0.1, -0.05) is 29.4 Å². The van der Waals surface area contributed by atoms with Crippen LogP contribution in [0.3, 0.4) is 0 Å². The molecule has 0 saturated heterocycles. The standard InChI is InChI=1S/C14H17N3O/c1-15-9-8-13-16-14(17-18-13)12-7-6-10-4-2-3-5-11(10)12/h2-5,12,15H,6-9H2,1H3. The van der Waals surface area contributed by atoms with Gasteiger partial charge in [0.2, 0.25) is 5.89 Å². The maximum Gasteiger partial charge on any atom is 0.227 e.